The zero-order chi connectivity index (χ0) is 24.2. The standard InChI is InChI=1S/C29H29N3O3/c1-3-34-23-16-15-22(19-24(23)35-4-2)28-25-26(21-13-9-6-10-14-21)30-31-27(25)29(33)32(28)18-17-20-11-7-5-8-12-20/h5-16,19,28H,3-4,17-18H2,1-2H3,(H,30,31). The van der Waals surface area contributed by atoms with Crippen molar-refractivity contribution in [1.29, 1.82) is 0 Å². The third-order valence-corrected chi connectivity index (χ3v) is 6.28. The van der Waals surface area contributed by atoms with Crippen molar-refractivity contribution in [3.63, 3.8) is 0 Å². The van der Waals surface area contributed by atoms with E-state index in [1.807, 2.05) is 85.5 Å². The van der Waals surface area contributed by atoms with E-state index in [-0.39, 0.29) is 11.9 Å². The topological polar surface area (TPSA) is 67.5 Å². The minimum absolute atomic E-state index is 0.0394. The molecular weight excluding hydrogens is 438 g/mol. The van der Waals surface area contributed by atoms with Crippen molar-refractivity contribution in [2.24, 2.45) is 0 Å². The predicted molar refractivity (Wildman–Crippen MR) is 136 cm³/mol. The van der Waals surface area contributed by atoms with E-state index in [1.54, 1.807) is 0 Å². The highest BCUT2D eigenvalue weighted by molar-refractivity contribution is 6.00. The fourth-order valence-corrected chi connectivity index (χ4v) is 4.72. The van der Waals surface area contributed by atoms with Crippen molar-refractivity contribution in [3.8, 4) is 22.8 Å². The monoisotopic (exact) mass is 467 g/mol. The second-order valence-corrected chi connectivity index (χ2v) is 8.44. The summed E-state index contributed by atoms with van der Waals surface area (Å²) in [4.78, 5) is 15.6. The molecule has 1 atom stereocenters. The van der Waals surface area contributed by atoms with Crippen molar-refractivity contribution >= 4 is 5.91 Å². The maximum atomic E-state index is 13.6. The number of carbonyl (C=O) groups excluding carboxylic acids is 1. The molecule has 178 valence electrons. The Kier molecular flexibility index (Phi) is 6.53. The Morgan fingerprint density at radius 3 is 2.29 bits per heavy atom. The molecule has 1 unspecified atom stereocenters. The first-order valence-corrected chi connectivity index (χ1v) is 12.1. The van der Waals surface area contributed by atoms with Gasteiger partial charge in [-0.3, -0.25) is 9.89 Å². The summed E-state index contributed by atoms with van der Waals surface area (Å²) in [5.41, 5.74) is 5.39. The number of fused-ring (bicyclic) bond motifs is 1. The normalized spacial score (nSPS) is 14.7. The lowest BCUT2D eigenvalue weighted by atomic mass is 9.95. The van der Waals surface area contributed by atoms with E-state index in [0.717, 1.165) is 28.8 Å². The van der Waals surface area contributed by atoms with Gasteiger partial charge in [-0.1, -0.05) is 66.7 Å². The summed E-state index contributed by atoms with van der Waals surface area (Å²) in [5, 5.41) is 7.60. The maximum Gasteiger partial charge on any atom is 0.273 e. The molecule has 6 heteroatoms. The van der Waals surface area contributed by atoms with Gasteiger partial charge in [-0.25, -0.2) is 0 Å². The quantitative estimate of drug-likeness (QED) is 0.345. The number of rotatable bonds is 9. The predicted octanol–water partition coefficient (Wildman–Crippen LogP) is 5.66. The Morgan fingerprint density at radius 2 is 1.57 bits per heavy atom. The molecule has 0 fully saturated rings. The maximum absolute atomic E-state index is 13.6. The lowest BCUT2D eigenvalue weighted by molar-refractivity contribution is 0.0745. The highest BCUT2D eigenvalue weighted by Crippen LogP contribution is 2.44. The lowest BCUT2D eigenvalue weighted by Gasteiger charge is -2.27. The minimum Gasteiger partial charge on any atom is -0.490 e. The van der Waals surface area contributed by atoms with E-state index in [1.165, 1.54) is 5.56 Å². The first-order valence-electron chi connectivity index (χ1n) is 12.1. The first-order chi connectivity index (χ1) is 17.2. The molecule has 1 aliphatic heterocycles. The largest absolute Gasteiger partial charge is 0.490 e. The highest BCUT2D eigenvalue weighted by atomic mass is 16.5. The number of H-pyrrole nitrogens is 1. The molecule has 0 saturated heterocycles. The number of amides is 1. The zero-order valence-corrected chi connectivity index (χ0v) is 20.0. The van der Waals surface area contributed by atoms with E-state index in [4.69, 9.17) is 9.47 Å². The Labute approximate surface area is 205 Å². The molecule has 0 radical (unpaired) electrons. The third-order valence-electron chi connectivity index (χ3n) is 6.28. The van der Waals surface area contributed by atoms with Gasteiger partial charge in [-0.05, 0) is 43.5 Å². The molecule has 6 nitrogen and oxygen atoms in total. The summed E-state index contributed by atoms with van der Waals surface area (Å²) in [5.74, 6) is 1.34. The van der Waals surface area contributed by atoms with Crippen molar-refractivity contribution < 1.29 is 14.3 Å². The third kappa shape index (κ3) is 4.39. The molecule has 0 saturated carbocycles. The van der Waals surface area contributed by atoms with Crippen molar-refractivity contribution in [2.45, 2.75) is 26.3 Å². The summed E-state index contributed by atoms with van der Waals surface area (Å²) in [7, 11) is 0. The van der Waals surface area contributed by atoms with Crippen LogP contribution in [-0.4, -0.2) is 40.8 Å². The van der Waals surface area contributed by atoms with Gasteiger partial charge in [-0.2, -0.15) is 5.10 Å². The summed E-state index contributed by atoms with van der Waals surface area (Å²) in [6.07, 6.45) is 0.761. The summed E-state index contributed by atoms with van der Waals surface area (Å²) >= 11 is 0. The van der Waals surface area contributed by atoms with Gasteiger partial charge in [0.15, 0.2) is 11.5 Å². The average Bonchev–Trinajstić information content (AvgIpc) is 3.44. The first kappa shape index (κ1) is 22.7. The van der Waals surface area contributed by atoms with E-state index in [0.29, 0.717) is 37.0 Å². The van der Waals surface area contributed by atoms with Crippen LogP contribution in [0.4, 0.5) is 0 Å². The number of nitrogens with one attached hydrogen (secondary N) is 1. The number of hydrogen-bond donors (Lipinski definition) is 1. The van der Waals surface area contributed by atoms with Gasteiger partial charge in [0.1, 0.15) is 5.69 Å². The van der Waals surface area contributed by atoms with Gasteiger partial charge in [0.25, 0.3) is 5.91 Å². The summed E-state index contributed by atoms with van der Waals surface area (Å²) < 4.78 is 11.7. The van der Waals surface area contributed by atoms with Crippen LogP contribution < -0.4 is 9.47 Å². The molecule has 0 aliphatic carbocycles. The highest BCUT2D eigenvalue weighted by Gasteiger charge is 2.42. The van der Waals surface area contributed by atoms with Crippen LogP contribution in [0.25, 0.3) is 11.3 Å². The van der Waals surface area contributed by atoms with Crippen LogP contribution in [0.2, 0.25) is 0 Å². The molecule has 1 aliphatic rings. The van der Waals surface area contributed by atoms with Gasteiger partial charge in [0.2, 0.25) is 0 Å². The number of aromatic amines is 1. The molecule has 0 spiro atoms. The van der Waals surface area contributed by atoms with Crippen LogP contribution >= 0.6 is 0 Å². The van der Waals surface area contributed by atoms with Gasteiger partial charge in [0.05, 0.1) is 24.9 Å². The van der Waals surface area contributed by atoms with Crippen LogP contribution in [-0.2, 0) is 6.42 Å². The summed E-state index contributed by atoms with van der Waals surface area (Å²) in [6, 6.07) is 25.9. The molecule has 2 heterocycles. The molecule has 0 bridgehead atoms. The number of benzene rings is 3. The minimum atomic E-state index is -0.287. The van der Waals surface area contributed by atoms with Gasteiger partial charge < -0.3 is 14.4 Å². The van der Waals surface area contributed by atoms with Crippen molar-refractivity contribution in [3.05, 3.63) is 101 Å². The van der Waals surface area contributed by atoms with E-state index < -0.39 is 0 Å². The number of carbonyl (C=O) groups is 1. The molecule has 35 heavy (non-hydrogen) atoms. The Balaban J connectivity index is 1.59. The van der Waals surface area contributed by atoms with Crippen LogP contribution in [0, 0.1) is 0 Å². The van der Waals surface area contributed by atoms with Crippen LogP contribution in [0.15, 0.2) is 78.9 Å². The molecule has 1 aromatic heterocycles. The van der Waals surface area contributed by atoms with E-state index in [9.17, 15) is 4.79 Å². The smallest absolute Gasteiger partial charge is 0.273 e. The number of hydrogen-bond acceptors (Lipinski definition) is 4. The second kappa shape index (κ2) is 10.1. The Morgan fingerprint density at radius 1 is 0.886 bits per heavy atom. The molecule has 1 N–H and O–H groups in total. The second-order valence-electron chi connectivity index (χ2n) is 8.44. The van der Waals surface area contributed by atoms with Gasteiger partial charge >= 0.3 is 0 Å². The molecule has 5 rings (SSSR count). The van der Waals surface area contributed by atoms with E-state index in [2.05, 4.69) is 22.3 Å². The number of ether oxygens (including phenoxy) is 2. The average molecular weight is 468 g/mol. The van der Waals surface area contributed by atoms with Gasteiger partial charge in [0, 0.05) is 17.7 Å². The zero-order valence-electron chi connectivity index (χ0n) is 20.0. The molecule has 4 aromatic rings. The number of nitrogens with zero attached hydrogens (tertiary/aromatic N) is 2. The van der Waals surface area contributed by atoms with Crippen molar-refractivity contribution in [1.82, 2.24) is 15.1 Å². The molecule has 1 amide bonds. The van der Waals surface area contributed by atoms with Crippen molar-refractivity contribution in [2.75, 3.05) is 19.8 Å². The lowest BCUT2D eigenvalue weighted by Crippen LogP contribution is -2.31. The van der Waals surface area contributed by atoms with Crippen LogP contribution in [0.1, 0.15) is 47.1 Å². The SMILES string of the molecule is CCOc1ccc(C2c3c(-c4ccccc4)n[nH]c3C(=O)N2CCc2ccccc2)cc1OCC. The fourth-order valence-electron chi connectivity index (χ4n) is 4.72. The Bertz CT molecular complexity index is 1300. The van der Waals surface area contributed by atoms with Gasteiger partial charge in [-0.15, -0.1) is 0 Å². The molecule has 3 aromatic carbocycles. The molecular formula is C29H29N3O3. The Hall–Kier alpha value is -4.06. The van der Waals surface area contributed by atoms with Crippen LogP contribution in [0.5, 0.6) is 11.5 Å². The number of aromatic nitrogens is 2. The van der Waals surface area contributed by atoms with Crippen LogP contribution in [0.3, 0.4) is 0 Å². The summed E-state index contributed by atoms with van der Waals surface area (Å²) in [6.45, 7) is 5.57. The fraction of sp³-hybridized carbons (Fsp3) is 0.241. The van der Waals surface area contributed by atoms with E-state index >= 15 is 0 Å².